The van der Waals surface area contributed by atoms with Gasteiger partial charge in [-0.15, -0.1) is 11.8 Å². The molecule has 17 heteroatoms. The molecule has 51 heavy (non-hydrogen) atoms. The van der Waals surface area contributed by atoms with E-state index in [4.69, 9.17) is 14.6 Å². The van der Waals surface area contributed by atoms with Crippen molar-refractivity contribution in [3.63, 3.8) is 0 Å². The number of piperidine rings is 1. The van der Waals surface area contributed by atoms with E-state index in [1.54, 1.807) is 4.68 Å². The number of morpholine rings is 1. The Morgan fingerprint density at radius 1 is 1.06 bits per heavy atom. The summed E-state index contributed by atoms with van der Waals surface area (Å²) < 4.78 is 81.8. The molecular formula is C34H49F3N6O6S2. The van der Waals surface area contributed by atoms with Gasteiger partial charge in [0.05, 0.1) is 49.5 Å². The number of aromatic nitrogens is 2. The van der Waals surface area contributed by atoms with Crippen LogP contribution in [0.4, 0.5) is 13.2 Å². The summed E-state index contributed by atoms with van der Waals surface area (Å²) in [4.78, 5) is 18.6. The Hall–Kier alpha value is -2.25. The minimum Gasteiger partial charge on any atom is -0.390 e. The van der Waals surface area contributed by atoms with Gasteiger partial charge in [0.15, 0.2) is 0 Å². The van der Waals surface area contributed by atoms with Crippen LogP contribution in [0.3, 0.4) is 0 Å². The van der Waals surface area contributed by atoms with Gasteiger partial charge in [-0.2, -0.15) is 22.6 Å². The van der Waals surface area contributed by atoms with Crippen LogP contribution < -0.4 is 0 Å². The lowest BCUT2D eigenvalue weighted by atomic mass is 10.0. The maximum Gasteiger partial charge on any atom is 0.417 e. The van der Waals surface area contributed by atoms with Crippen LogP contribution in [0.1, 0.15) is 42.5 Å². The van der Waals surface area contributed by atoms with Crippen molar-refractivity contribution in [1.82, 2.24) is 28.8 Å². The Bertz CT molecular complexity index is 1610. The van der Waals surface area contributed by atoms with Crippen molar-refractivity contribution in [2.45, 2.75) is 68.5 Å². The van der Waals surface area contributed by atoms with Crippen LogP contribution in [-0.4, -0.2) is 151 Å². The minimum absolute atomic E-state index is 0.00501. The van der Waals surface area contributed by atoms with Crippen LogP contribution in [-0.2, 0) is 50.0 Å². The van der Waals surface area contributed by atoms with E-state index in [0.717, 1.165) is 81.6 Å². The summed E-state index contributed by atoms with van der Waals surface area (Å²) in [6.45, 7) is 7.30. The fourth-order valence-corrected chi connectivity index (χ4v) is 9.23. The molecule has 284 valence electrons. The van der Waals surface area contributed by atoms with Crippen molar-refractivity contribution in [3.8, 4) is 11.3 Å². The van der Waals surface area contributed by atoms with E-state index in [-0.39, 0.29) is 43.1 Å². The van der Waals surface area contributed by atoms with Gasteiger partial charge in [-0.25, -0.2) is 8.42 Å². The lowest BCUT2D eigenvalue weighted by Crippen LogP contribution is -2.43. The predicted molar refractivity (Wildman–Crippen MR) is 187 cm³/mol. The minimum atomic E-state index is -4.54. The van der Waals surface area contributed by atoms with Crippen molar-refractivity contribution in [3.05, 3.63) is 35.0 Å². The summed E-state index contributed by atoms with van der Waals surface area (Å²) in [5.41, 5.74) is 1.61. The fraction of sp³-hybridized carbons (Fsp3) is 0.706. The number of hydrogen-bond donors (Lipinski definition) is 1. The Labute approximate surface area is 302 Å². The summed E-state index contributed by atoms with van der Waals surface area (Å²) in [5, 5.41) is 16.1. The number of rotatable bonds is 13. The number of benzene rings is 1. The summed E-state index contributed by atoms with van der Waals surface area (Å²) in [6.07, 6.45) is -0.236. The van der Waals surface area contributed by atoms with Crippen LogP contribution in [0.5, 0.6) is 0 Å². The smallest absolute Gasteiger partial charge is 0.390 e. The fourth-order valence-electron chi connectivity index (χ4n) is 7.33. The molecule has 0 saturated carbocycles. The molecule has 5 heterocycles. The molecule has 6 rings (SSSR count). The second-order valence-electron chi connectivity index (χ2n) is 13.9. The largest absolute Gasteiger partial charge is 0.417 e. The van der Waals surface area contributed by atoms with Crippen molar-refractivity contribution < 1.29 is 41.0 Å². The van der Waals surface area contributed by atoms with Gasteiger partial charge in [0.2, 0.25) is 15.9 Å². The van der Waals surface area contributed by atoms with Crippen LogP contribution in [0.15, 0.2) is 23.1 Å². The highest BCUT2D eigenvalue weighted by molar-refractivity contribution is 7.99. The number of β-amino-alcohol motifs (C(OH)–C–C–N with tert-alkyl or cyclic N) is 1. The van der Waals surface area contributed by atoms with E-state index >= 15 is 0 Å². The Morgan fingerprint density at radius 3 is 2.47 bits per heavy atom. The maximum absolute atomic E-state index is 14.1. The molecule has 1 aromatic heterocycles. The first-order chi connectivity index (χ1) is 24.3. The first-order valence-electron chi connectivity index (χ1n) is 17.8. The predicted octanol–water partition coefficient (Wildman–Crippen LogP) is 2.78. The molecule has 12 nitrogen and oxygen atoms in total. The monoisotopic (exact) mass is 758 g/mol. The number of carbonyl (C=O) groups is 1. The highest BCUT2D eigenvalue weighted by atomic mass is 32.2. The molecule has 0 radical (unpaired) electrons. The zero-order chi connectivity index (χ0) is 36.2. The number of hydrogen-bond acceptors (Lipinski definition) is 10. The lowest BCUT2D eigenvalue weighted by Gasteiger charge is -2.33. The summed E-state index contributed by atoms with van der Waals surface area (Å²) in [6, 6.07) is 4.00. The molecule has 1 atom stereocenters. The molecule has 3 fully saturated rings. The molecule has 1 aromatic carbocycles. The zero-order valence-corrected chi connectivity index (χ0v) is 30.8. The molecule has 3 saturated heterocycles. The van der Waals surface area contributed by atoms with Gasteiger partial charge >= 0.3 is 6.18 Å². The van der Waals surface area contributed by atoms with Gasteiger partial charge in [-0.05, 0) is 37.8 Å². The Morgan fingerprint density at radius 2 is 1.78 bits per heavy atom. The third-order valence-corrected chi connectivity index (χ3v) is 12.5. The van der Waals surface area contributed by atoms with Crippen molar-refractivity contribution in [2.75, 3.05) is 90.7 Å². The second kappa shape index (κ2) is 16.8. The number of aliphatic hydroxyl groups is 1. The highest BCUT2D eigenvalue weighted by Gasteiger charge is 2.35. The number of thioether (sulfide) groups is 1. The standard InChI is InChI=1S/C34H49F3N6O6S2/c1-51(46,47)42-13-8-30-28(23-42)33(25-4-5-29(34(35,36)37)31(20-25)50-19-16-39-14-17-48-18-15-39)38-43(30)22-26(44)21-40-11-6-27(7-12-40)49-24-32(45)41-9-2-3-10-41/h4-5,20,26-27,44H,2-3,6-19,21-24H2,1H3. The molecule has 2 aromatic rings. The summed E-state index contributed by atoms with van der Waals surface area (Å²) >= 11 is 1.15. The van der Waals surface area contributed by atoms with E-state index in [0.29, 0.717) is 68.4 Å². The Kier molecular flexibility index (Phi) is 12.7. The van der Waals surface area contributed by atoms with E-state index < -0.39 is 27.9 Å². The molecule has 4 aliphatic heterocycles. The number of alkyl halides is 3. The number of halogens is 3. The molecule has 1 N–H and O–H groups in total. The zero-order valence-electron chi connectivity index (χ0n) is 29.2. The summed E-state index contributed by atoms with van der Waals surface area (Å²) in [5.74, 6) is 0.509. The van der Waals surface area contributed by atoms with Crippen LogP contribution in [0.2, 0.25) is 0 Å². The molecule has 0 aliphatic carbocycles. The number of carbonyl (C=O) groups excluding carboxylic acids is 1. The van der Waals surface area contributed by atoms with Crippen LogP contribution in [0, 0.1) is 0 Å². The number of fused-ring (bicyclic) bond motifs is 1. The lowest BCUT2D eigenvalue weighted by molar-refractivity contribution is -0.140. The van der Waals surface area contributed by atoms with Crippen molar-refractivity contribution in [2.24, 2.45) is 0 Å². The average molecular weight is 759 g/mol. The summed E-state index contributed by atoms with van der Waals surface area (Å²) in [7, 11) is -3.53. The van der Waals surface area contributed by atoms with E-state index in [9.17, 15) is 31.5 Å². The van der Waals surface area contributed by atoms with Gasteiger partial charge < -0.3 is 24.4 Å². The number of ether oxygens (including phenoxy) is 2. The molecular weight excluding hydrogens is 710 g/mol. The first kappa shape index (κ1) is 38.5. The number of aliphatic hydroxyl groups excluding tert-OH is 1. The quantitative estimate of drug-likeness (QED) is 0.306. The van der Waals surface area contributed by atoms with E-state index in [1.807, 2.05) is 4.90 Å². The van der Waals surface area contributed by atoms with Gasteiger partial charge in [0.25, 0.3) is 0 Å². The van der Waals surface area contributed by atoms with E-state index in [1.165, 1.54) is 16.4 Å². The number of nitrogens with zero attached hydrogens (tertiary/aromatic N) is 6. The van der Waals surface area contributed by atoms with Crippen LogP contribution >= 0.6 is 11.8 Å². The van der Waals surface area contributed by atoms with Gasteiger partial charge in [-0.1, -0.05) is 6.07 Å². The van der Waals surface area contributed by atoms with Gasteiger partial charge in [0, 0.05) is 99.3 Å². The Balaban J connectivity index is 1.14. The van der Waals surface area contributed by atoms with Gasteiger partial charge in [-0.3, -0.25) is 14.4 Å². The van der Waals surface area contributed by atoms with Crippen molar-refractivity contribution >= 4 is 27.7 Å². The molecule has 0 bridgehead atoms. The number of likely N-dealkylation sites (tertiary alicyclic amines) is 2. The van der Waals surface area contributed by atoms with E-state index in [2.05, 4.69) is 9.80 Å². The number of sulfonamides is 1. The highest BCUT2D eigenvalue weighted by Crippen LogP contribution is 2.40. The SMILES string of the molecule is CS(=O)(=O)N1CCc2c(c(-c3ccc(C(F)(F)F)c(SCCN4CCOCC4)c3)nn2CC(O)CN2CCC(OCC(=O)N3CCCC3)CC2)C1. The molecule has 4 aliphatic rings. The molecule has 1 amide bonds. The maximum atomic E-state index is 14.1. The average Bonchev–Trinajstić information content (AvgIpc) is 3.76. The number of amides is 1. The third kappa shape index (κ3) is 10.0. The van der Waals surface area contributed by atoms with Crippen LogP contribution in [0.25, 0.3) is 11.3 Å². The molecule has 1 unspecified atom stereocenters. The molecule has 0 spiro atoms. The topological polar surface area (TPSA) is 121 Å². The third-order valence-electron chi connectivity index (χ3n) is 10.2. The second-order valence-corrected chi connectivity index (χ2v) is 17.0. The normalized spacial score (nSPS) is 20.9. The van der Waals surface area contributed by atoms with Crippen molar-refractivity contribution in [1.29, 1.82) is 0 Å². The first-order valence-corrected chi connectivity index (χ1v) is 20.7. The van der Waals surface area contributed by atoms with Gasteiger partial charge in [0.1, 0.15) is 6.61 Å².